The van der Waals surface area contributed by atoms with Crippen molar-refractivity contribution in [1.82, 2.24) is 10.2 Å². The predicted molar refractivity (Wildman–Crippen MR) is 64.3 cm³/mol. The van der Waals surface area contributed by atoms with Gasteiger partial charge in [-0.2, -0.15) is 0 Å². The van der Waals surface area contributed by atoms with E-state index in [1.165, 1.54) is 0 Å². The average molecular weight is 256 g/mol. The molecule has 3 atom stereocenters. The van der Waals surface area contributed by atoms with Gasteiger partial charge >= 0.3 is 12.0 Å². The first-order valence-corrected chi connectivity index (χ1v) is 6.33. The van der Waals surface area contributed by atoms with Gasteiger partial charge in [-0.15, -0.1) is 0 Å². The summed E-state index contributed by atoms with van der Waals surface area (Å²) < 4.78 is 5.38. The quantitative estimate of drug-likeness (QED) is 0.761. The highest BCUT2D eigenvalue weighted by atomic mass is 16.5. The Morgan fingerprint density at radius 3 is 2.72 bits per heavy atom. The Hall–Kier alpha value is -1.30. The monoisotopic (exact) mass is 256 g/mol. The maximum Gasteiger partial charge on any atom is 0.317 e. The summed E-state index contributed by atoms with van der Waals surface area (Å²) in [5.41, 5.74) is -0.810. The van der Waals surface area contributed by atoms with Crippen molar-refractivity contribution in [2.24, 2.45) is 5.41 Å². The molecule has 102 valence electrons. The summed E-state index contributed by atoms with van der Waals surface area (Å²) in [4.78, 5) is 24.7. The Morgan fingerprint density at radius 2 is 2.22 bits per heavy atom. The van der Waals surface area contributed by atoms with Crippen molar-refractivity contribution in [2.75, 3.05) is 19.7 Å². The van der Waals surface area contributed by atoms with Gasteiger partial charge in [-0.25, -0.2) is 4.79 Å². The van der Waals surface area contributed by atoms with Gasteiger partial charge in [-0.3, -0.25) is 4.79 Å². The van der Waals surface area contributed by atoms with Gasteiger partial charge in [0, 0.05) is 19.7 Å². The van der Waals surface area contributed by atoms with E-state index in [-0.39, 0.29) is 24.7 Å². The number of likely N-dealkylation sites (tertiary alicyclic amines) is 1. The maximum absolute atomic E-state index is 12.0. The highest BCUT2D eigenvalue weighted by Crippen LogP contribution is 2.30. The molecule has 0 aromatic carbocycles. The molecular weight excluding hydrogens is 236 g/mol. The second-order valence-electron chi connectivity index (χ2n) is 5.46. The molecule has 18 heavy (non-hydrogen) atoms. The number of aliphatic carboxylic acids is 1. The number of carboxylic acid groups (broad SMARTS) is 1. The fourth-order valence-corrected chi connectivity index (χ4v) is 2.48. The summed E-state index contributed by atoms with van der Waals surface area (Å²) in [6.07, 6.45) is 1.35. The van der Waals surface area contributed by atoms with Crippen LogP contribution in [0.5, 0.6) is 0 Å². The van der Waals surface area contributed by atoms with E-state index in [9.17, 15) is 9.59 Å². The Balaban J connectivity index is 1.89. The van der Waals surface area contributed by atoms with Gasteiger partial charge in [0.15, 0.2) is 0 Å². The number of urea groups is 1. The van der Waals surface area contributed by atoms with E-state index >= 15 is 0 Å². The lowest BCUT2D eigenvalue weighted by Gasteiger charge is -2.23. The summed E-state index contributed by atoms with van der Waals surface area (Å²) in [5, 5.41) is 12.0. The highest BCUT2D eigenvalue weighted by Gasteiger charge is 2.42. The van der Waals surface area contributed by atoms with Gasteiger partial charge in [-0.1, -0.05) is 0 Å². The van der Waals surface area contributed by atoms with Gasteiger partial charge in [0.25, 0.3) is 0 Å². The molecule has 2 aliphatic heterocycles. The first-order valence-electron chi connectivity index (χ1n) is 6.33. The van der Waals surface area contributed by atoms with Gasteiger partial charge < -0.3 is 20.1 Å². The lowest BCUT2D eigenvalue weighted by molar-refractivity contribution is -0.147. The molecule has 1 unspecified atom stereocenters. The number of amides is 2. The van der Waals surface area contributed by atoms with Crippen LogP contribution in [0.15, 0.2) is 0 Å². The van der Waals surface area contributed by atoms with E-state index in [4.69, 9.17) is 9.84 Å². The molecule has 2 N–H and O–H groups in total. The predicted octanol–water partition coefficient (Wildman–Crippen LogP) is 0.670. The lowest BCUT2D eigenvalue weighted by atomic mass is 9.90. The molecule has 0 aromatic rings. The van der Waals surface area contributed by atoms with E-state index in [2.05, 4.69) is 5.32 Å². The Kier molecular flexibility index (Phi) is 3.47. The number of carbonyl (C=O) groups excluding carboxylic acids is 1. The van der Waals surface area contributed by atoms with E-state index in [1.54, 1.807) is 11.8 Å². The minimum Gasteiger partial charge on any atom is -0.481 e. The Labute approximate surface area is 106 Å². The van der Waals surface area contributed by atoms with Gasteiger partial charge in [-0.05, 0) is 26.7 Å². The van der Waals surface area contributed by atoms with Crippen molar-refractivity contribution in [3.63, 3.8) is 0 Å². The number of nitrogens with zero attached hydrogens (tertiary/aromatic N) is 1. The molecule has 2 saturated heterocycles. The zero-order chi connectivity index (χ0) is 13.3. The molecule has 2 rings (SSSR count). The van der Waals surface area contributed by atoms with E-state index in [1.807, 2.05) is 6.92 Å². The number of hydrogen-bond acceptors (Lipinski definition) is 3. The van der Waals surface area contributed by atoms with Crippen LogP contribution in [-0.4, -0.2) is 53.8 Å². The molecule has 0 spiro atoms. The SMILES string of the molecule is C[C@H]1OCC[C@H]1NC(=O)N1CCC(C)(C(=O)O)C1. The fraction of sp³-hybridized carbons (Fsp3) is 0.833. The van der Waals surface area contributed by atoms with E-state index in [0.29, 0.717) is 19.6 Å². The van der Waals surface area contributed by atoms with E-state index in [0.717, 1.165) is 6.42 Å². The molecule has 6 nitrogen and oxygen atoms in total. The topological polar surface area (TPSA) is 78.9 Å². The van der Waals surface area contributed by atoms with Crippen molar-refractivity contribution in [2.45, 2.75) is 38.8 Å². The lowest BCUT2D eigenvalue weighted by Crippen LogP contribution is -2.47. The zero-order valence-electron chi connectivity index (χ0n) is 10.8. The Morgan fingerprint density at radius 1 is 1.50 bits per heavy atom. The van der Waals surface area contributed by atoms with E-state index < -0.39 is 11.4 Å². The zero-order valence-corrected chi connectivity index (χ0v) is 10.8. The number of rotatable bonds is 2. The van der Waals surface area contributed by atoms with Gasteiger partial charge in [0.05, 0.1) is 17.6 Å². The van der Waals surface area contributed by atoms with Crippen molar-refractivity contribution < 1.29 is 19.4 Å². The third-order valence-electron chi connectivity index (χ3n) is 3.96. The number of carbonyl (C=O) groups is 2. The van der Waals surface area contributed by atoms with Crippen molar-refractivity contribution in [3.8, 4) is 0 Å². The molecule has 2 amide bonds. The third-order valence-corrected chi connectivity index (χ3v) is 3.96. The number of carboxylic acids is 1. The average Bonchev–Trinajstić information content (AvgIpc) is 2.87. The van der Waals surface area contributed by atoms with Crippen LogP contribution < -0.4 is 5.32 Å². The molecule has 0 saturated carbocycles. The van der Waals surface area contributed by atoms with Crippen LogP contribution in [0.25, 0.3) is 0 Å². The summed E-state index contributed by atoms with van der Waals surface area (Å²) in [7, 11) is 0. The molecule has 6 heteroatoms. The van der Waals surface area contributed by atoms with Crippen LogP contribution in [0.4, 0.5) is 4.79 Å². The second kappa shape index (κ2) is 4.76. The van der Waals surface area contributed by atoms with Crippen LogP contribution in [-0.2, 0) is 9.53 Å². The second-order valence-corrected chi connectivity index (χ2v) is 5.46. The van der Waals surface area contributed by atoms with Crippen LogP contribution in [0.1, 0.15) is 26.7 Å². The molecule has 0 bridgehead atoms. The first kappa shape index (κ1) is 13.1. The number of hydrogen-bond donors (Lipinski definition) is 2. The first-order chi connectivity index (χ1) is 8.42. The summed E-state index contributed by atoms with van der Waals surface area (Å²) in [6.45, 7) is 5.05. The third kappa shape index (κ3) is 2.43. The van der Waals surface area contributed by atoms with Crippen LogP contribution in [0, 0.1) is 5.41 Å². The minimum atomic E-state index is -0.838. The summed E-state index contributed by atoms with van der Waals surface area (Å²) >= 11 is 0. The molecule has 2 fully saturated rings. The molecule has 2 aliphatic rings. The fourth-order valence-electron chi connectivity index (χ4n) is 2.48. The smallest absolute Gasteiger partial charge is 0.317 e. The van der Waals surface area contributed by atoms with Crippen LogP contribution in [0.2, 0.25) is 0 Å². The Bertz CT molecular complexity index is 360. The summed E-state index contributed by atoms with van der Waals surface area (Å²) in [5.74, 6) is -0.838. The molecule has 0 aromatic heterocycles. The number of ether oxygens (including phenoxy) is 1. The number of nitrogens with one attached hydrogen (secondary N) is 1. The van der Waals surface area contributed by atoms with Crippen LogP contribution >= 0.6 is 0 Å². The molecule has 0 aliphatic carbocycles. The highest BCUT2D eigenvalue weighted by molar-refractivity contribution is 5.79. The maximum atomic E-state index is 12.0. The minimum absolute atomic E-state index is 0.0300. The van der Waals surface area contributed by atoms with Gasteiger partial charge in [0.1, 0.15) is 0 Å². The normalized spacial score (nSPS) is 35.8. The molecular formula is C12H20N2O4. The largest absolute Gasteiger partial charge is 0.481 e. The molecule has 2 heterocycles. The summed E-state index contributed by atoms with van der Waals surface area (Å²) in [6, 6.07) is -0.142. The molecule has 0 radical (unpaired) electrons. The van der Waals surface area contributed by atoms with Crippen molar-refractivity contribution in [1.29, 1.82) is 0 Å². The van der Waals surface area contributed by atoms with Gasteiger partial charge in [0.2, 0.25) is 0 Å². The standard InChI is InChI=1S/C12H20N2O4/c1-8-9(3-6-18-8)13-11(17)14-5-4-12(2,7-14)10(15)16/h8-9H,3-7H2,1-2H3,(H,13,17)(H,15,16)/t8-,9-,12?/m1/s1. The van der Waals surface area contributed by atoms with Crippen molar-refractivity contribution >= 4 is 12.0 Å². The van der Waals surface area contributed by atoms with Crippen molar-refractivity contribution in [3.05, 3.63) is 0 Å². The van der Waals surface area contributed by atoms with Crippen LogP contribution in [0.3, 0.4) is 0 Å².